The lowest BCUT2D eigenvalue weighted by atomic mass is 9.95. The van der Waals surface area contributed by atoms with Crippen LogP contribution in [0.4, 0.5) is 19.0 Å². The number of rotatable bonds is 3. The molecule has 0 radical (unpaired) electrons. The molecule has 1 aromatic heterocycles. The van der Waals surface area contributed by atoms with Crippen LogP contribution in [0, 0.1) is 5.41 Å². The van der Waals surface area contributed by atoms with Gasteiger partial charge in [0.1, 0.15) is 5.82 Å². The van der Waals surface area contributed by atoms with E-state index >= 15 is 0 Å². The average molecular weight is 348 g/mol. The van der Waals surface area contributed by atoms with E-state index in [0.29, 0.717) is 11.8 Å². The fourth-order valence-corrected chi connectivity index (χ4v) is 1.92. The Morgan fingerprint density at radius 2 is 1.68 bits per heavy atom. The second-order valence-electron chi connectivity index (χ2n) is 6.71. The molecule has 0 fully saturated rings. The van der Waals surface area contributed by atoms with Crippen molar-refractivity contribution in [1.82, 2.24) is 4.98 Å². The molecule has 25 heavy (non-hydrogen) atoms. The van der Waals surface area contributed by atoms with Crippen molar-refractivity contribution in [1.29, 1.82) is 0 Å². The topological polar surface area (TPSA) is 42.0 Å². The van der Waals surface area contributed by atoms with E-state index in [1.165, 1.54) is 0 Å². The maximum Gasteiger partial charge on any atom is 0.417 e. The largest absolute Gasteiger partial charge is 0.417 e. The van der Waals surface area contributed by atoms with Crippen LogP contribution in [0.2, 0.25) is 0 Å². The molecule has 0 bridgehead atoms. The fraction of sp³-hybridized carbons (Fsp3) is 0.263. The number of amides is 1. The molecule has 0 spiro atoms. The number of carbonyl (C=O) groups is 1. The van der Waals surface area contributed by atoms with Crippen LogP contribution in [0.1, 0.15) is 42.3 Å². The summed E-state index contributed by atoms with van der Waals surface area (Å²) >= 11 is 0. The molecule has 0 aliphatic carbocycles. The van der Waals surface area contributed by atoms with Crippen LogP contribution in [0.25, 0.3) is 6.08 Å². The Morgan fingerprint density at radius 1 is 1.04 bits per heavy atom. The monoisotopic (exact) mass is 348 g/mol. The number of anilines is 1. The summed E-state index contributed by atoms with van der Waals surface area (Å²) in [7, 11) is 0. The first-order valence-corrected chi connectivity index (χ1v) is 7.68. The zero-order valence-electron chi connectivity index (χ0n) is 14.2. The van der Waals surface area contributed by atoms with Crippen LogP contribution < -0.4 is 5.32 Å². The molecule has 3 nitrogen and oxygen atoms in total. The maximum atomic E-state index is 12.5. The van der Waals surface area contributed by atoms with E-state index in [1.807, 2.05) is 6.08 Å². The van der Waals surface area contributed by atoms with E-state index in [4.69, 9.17) is 0 Å². The molecular weight excluding hydrogens is 329 g/mol. The minimum absolute atomic E-state index is 0.0598. The number of carbonyl (C=O) groups excluding carboxylic acids is 1. The summed E-state index contributed by atoms with van der Waals surface area (Å²) in [6.45, 7) is 6.26. The lowest BCUT2D eigenvalue weighted by molar-refractivity contribution is -0.137. The van der Waals surface area contributed by atoms with Gasteiger partial charge in [0, 0.05) is 11.8 Å². The summed E-state index contributed by atoms with van der Waals surface area (Å²) < 4.78 is 37.5. The Hall–Kier alpha value is -2.63. The molecule has 6 heteroatoms. The number of nitrogens with zero attached hydrogens (tertiary/aromatic N) is 1. The van der Waals surface area contributed by atoms with Crippen LogP contribution in [0.3, 0.4) is 0 Å². The highest BCUT2D eigenvalue weighted by atomic mass is 19.4. The zero-order chi connectivity index (χ0) is 18.7. The predicted molar refractivity (Wildman–Crippen MR) is 92.1 cm³/mol. The molecule has 0 saturated carbocycles. The molecule has 0 saturated heterocycles. The van der Waals surface area contributed by atoms with Gasteiger partial charge in [-0.2, -0.15) is 13.2 Å². The van der Waals surface area contributed by atoms with Gasteiger partial charge in [0.05, 0.1) is 5.56 Å². The second kappa shape index (κ2) is 7.09. The van der Waals surface area contributed by atoms with E-state index in [0.717, 1.165) is 17.7 Å². The van der Waals surface area contributed by atoms with Crippen molar-refractivity contribution in [3.63, 3.8) is 0 Å². The Balaban J connectivity index is 2.05. The molecule has 0 aliphatic rings. The van der Waals surface area contributed by atoms with E-state index in [9.17, 15) is 18.0 Å². The van der Waals surface area contributed by atoms with E-state index in [1.54, 1.807) is 24.3 Å². The first kappa shape index (κ1) is 18.7. The normalized spacial score (nSPS) is 12.4. The number of hydrogen-bond donors (Lipinski definition) is 1. The molecule has 1 heterocycles. The Labute approximate surface area is 144 Å². The highest BCUT2D eigenvalue weighted by Crippen LogP contribution is 2.28. The van der Waals surface area contributed by atoms with Gasteiger partial charge in [0.25, 0.3) is 5.91 Å². The summed E-state index contributed by atoms with van der Waals surface area (Å²) in [5.41, 5.74) is 0.554. The SMILES string of the molecule is CC(C)(C)/C=C/c1ccc(C(=O)Nc2ccc(C(F)(F)F)cn2)cc1. The van der Waals surface area contributed by atoms with Crippen molar-refractivity contribution >= 4 is 17.8 Å². The molecule has 132 valence electrons. The van der Waals surface area contributed by atoms with Gasteiger partial charge in [-0.15, -0.1) is 0 Å². The van der Waals surface area contributed by atoms with E-state index < -0.39 is 17.6 Å². The smallest absolute Gasteiger partial charge is 0.307 e. The number of halogens is 3. The van der Waals surface area contributed by atoms with Gasteiger partial charge in [0.15, 0.2) is 0 Å². The van der Waals surface area contributed by atoms with Crippen molar-refractivity contribution in [2.45, 2.75) is 26.9 Å². The van der Waals surface area contributed by atoms with Crippen LogP contribution in [-0.4, -0.2) is 10.9 Å². The number of pyridine rings is 1. The van der Waals surface area contributed by atoms with Crippen LogP contribution in [-0.2, 0) is 6.18 Å². The standard InChI is InChI=1S/C19H19F3N2O/c1-18(2,3)11-10-13-4-6-14(7-5-13)17(25)24-16-9-8-15(12-23-16)19(20,21)22/h4-12H,1-3H3,(H,23,24,25)/b11-10+. The van der Waals surface area contributed by atoms with Gasteiger partial charge in [-0.25, -0.2) is 4.98 Å². The first-order chi connectivity index (χ1) is 11.5. The van der Waals surface area contributed by atoms with Crippen LogP contribution in [0.5, 0.6) is 0 Å². The third kappa shape index (κ3) is 5.74. The molecule has 0 atom stereocenters. The highest BCUT2D eigenvalue weighted by Gasteiger charge is 2.30. The van der Waals surface area contributed by atoms with Gasteiger partial charge >= 0.3 is 6.18 Å². The van der Waals surface area contributed by atoms with Gasteiger partial charge in [-0.3, -0.25) is 4.79 Å². The highest BCUT2D eigenvalue weighted by molar-refractivity contribution is 6.03. The molecule has 1 aromatic carbocycles. The lowest BCUT2D eigenvalue weighted by Gasteiger charge is -2.11. The number of nitrogens with one attached hydrogen (secondary N) is 1. The number of alkyl halides is 3. The molecule has 2 aromatic rings. The average Bonchev–Trinajstić information content (AvgIpc) is 2.52. The fourth-order valence-electron chi connectivity index (χ4n) is 1.92. The van der Waals surface area contributed by atoms with Crippen molar-refractivity contribution in [2.24, 2.45) is 5.41 Å². The van der Waals surface area contributed by atoms with Crippen molar-refractivity contribution < 1.29 is 18.0 Å². The summed E-state index contributed by atoms with van der Waals surface area (Å²) in [4.78, 5) is 15.8. The molecule has 2 rings (SSSR count). The summed E-state index contributed by atoms with van der Waals surface area (Å²) in [5.74, 6) is -0.367. The van der Waals surface area contributed by atoms with Crippen LogP contribution >= 0.6 is 0 Å². The predicted octanol–water partition coefficient (Wildman–Crippen LogP) is 5.41. The summed E-state index contributed by atoms with van der Waals surface area (Å²) in [6, 6.07) is 8.92. The lowest BCUT2D eigenvalue weighted by Crippen LogP contribution is -2.13. The Bertz CT molecular complexity index is 755. The quantitative estimate of drug-likeness (QED) is 0.805. The zero-order valence-corrected chi connectivity index (χ0v) is 14.2. The third-order valence-corrected chi connectivity index (χ3v) is 3.28. The molecule has 1 amide bonds. The number of aromatic nitrogens is 1. The van der Waals surface area contributed by atoms with Crippen LogP contribution in [0.15, 0.2) is 48.7 Å². The van der Waals surface area contributed by atoms with Crippen molar-refractivity contribution in [2.75, 3.05) is 5.32 Å². The molecule has 0 aliphatic heterocycles. The minimum Gasteiger partial charge on any atom is -0.307 e. The van der Waals surface area contributed by atoms with Gasteiger partial charge < -0.3 is 5.32 Å². The summed E-state index contributed by atoms with van der Waals surface area (Å²) in [5, 5.41) is 2.48. The summed E-state index contributed by atoms with van der Waals surface area (Å²) in [6.07, 6.45) is 0.273. The van der Waals surface area contributed by atoms with E-state index in [2.05, 4.69) is 37.1 Å². The maximum absolute atomic E-state index is 12.5. The molecule has 0 unspecified atom stereocenters. The third-order valence-electron chi connectivity index (χ3n) is 3.28. The van der Waals surface area contributed by atoms with E-state index in [-0.39, 0.29) is 11.2 Å². The molecular formula is C19H19F3N2O. The number of allylic oxidation sites excluding steroid dienone is 1. The Morgan fingerprint density at radius 3 is 2.16 bits per heavy atom. The van der Waals surface area contributed by atoms with Gasteiger partial charge in [0.2, 0.25) is 0 Å². The molecule has 1 N–H and O–H groups in total. The minimum atomic E-state index is -4.45. The number of benzene rings is 1. The first-order valence-electron chi connectivity index (χ1n) is 7.68. The van der Waals surface area contributed by atoms with Crippen molar-refractivity contribution in [3.8, 4) is 0 Å². The van der Waals surface area contributed by atoms with Gasteiger partial charge in [-0.1, -0.05) is 45.1 Å². The Kier molecular flexibility index (Phi) is 5.30. The number of hydrogen-bond acceptors (Lipinski definition) is 2. The van der Waals surface area contributed by atoms with Gasteiger partial charge in [-0.05, 0) is 35.2 Å². The second-order valence-corrected chi connectivity index (χ2v) is 6.71. The van der Waals surface area contributed by atoms with Crippen molar-refractivity contribution in [3.05, 3.63) is 65.4 Å².